The molecule has 0 radical (unpaired) electrons. The number of nitrogens with two attached hydrogens (primary N) is 2. The van der Waals surface area contributed by atoms with Crippen LogP contribution in [0.5, 0.6) is 0 Å². The number of hydrogen-bond acceptors (Lipinski definition) is 2. The van der Waals surface area contributed by atoms with E-state index in [2.05, 4.69) is 126 Å². The molecule has 4 nitrogen and oxygen atoms in total. The Morgan fingerprint density at radius 3 is 1.44 bits per heavy atom. The van der Waals surface area contributed by atoms with Crippen molar-refractivity contribution in [1.29, 1.82) is 0 Å². The van der Waals surface area contributed by atoms with E-state index in [9.17, 15) is 0 Å². The first-order valence-corrected chi connectivity index (χ1v) is 14.3. The van der Waals surface area contributed by atoms with Gasteiger partial charge in [-0.1, -0.05) is 142 Å². The van der Waals surface area contributed by atoms with Gasteiger partial charge in [-0.15, -0.1) is 5.69 Å². The normalized spacial score (nSPS) is 11.7. The maximum Gasteiger partial charge on any atom is 2.00 e. The minimum atomic E-state index is 0. The van der Waals surface area contributed by atoms with Crippen molar-refractivity contribution in [2.24, 2.45) is 10.6 Å². The van der Waals surface area contributed by atoms with Gasteiger partial charge in [-0.25, -0.2) is 0 Å². The van der Waals surface area contributed by atoms with E-state index in [0.29, 0.717) is 30.5 Å². The van der Waals surface area contributed by atoms with Gasteiger partial charge in [-0.05, 0) is 41.7 Å². The number of hydrogen-bond donors (Lipinski definition) is 1. The summed E-state index contributed by atoms with van der Waals surface area (Å²) in [6.45, 7) is 26.7. The van der Waals surface area contributed by atoms with Crippen LogP contribution in [0.15, 0.2) is 53.2 Å². The van der Waals surface area contributed by atoms with E-state index < -0.39 is 0 Å². The number of benzene rings is 2. The average Bonchev–Trinajstić information content (AvgIpc) is 2.83. The Hall–Kier alpha value is -1.85. The number of nitrogens with zero attached hydrogens (tertiary/aromatic N) is 2. The van der Waals surface area contributed by atoms with E-state index in [1.54, 1.807) is 0 Å². The van der Waals surface area contributed by atoms with Crippen molar-refractivity contribution < 1.29 is 17.1 Å². The molecule has 2 rings (SSSR count). The second-order valence-electron chi connectivity index (χ2n) is 11.4. The molecular weight excluding hydrogens is 519 g/mol. The first-order valence-electron chi connectivity index (χ1n) is 14.3. The van der Waals surface area contributed by atoms with Crippen molar-refractivity contribution in [3.63, 3.8) is 0 Å². The minimum absolute atomic E-state index is 0. The largest absolute Gasteiger partial charge is 2.00 e. The van der Waals surface area contributed by atoms with Gasteiger partial charge in [0, 0.05) is 5.71 Å². The summed E-state index contributed by atoms with van der Waals surface area (Å²) in [6, 6.07) is 13.1. The zero-order valence-corrected chi connectivity index (χ0v) is 27.8. The summed E-state index contributed by atoms with van der Waals surface area (Å²) >= 11 is 0. The fraction of sp³-hybridized carbons (Fsp3) is 0.545. The first kappa shape index (κ1) is 39.3. The Bertz CT molecular complexity index is 985. The Balaban J connectivity index is 0. The predicted molar refractivity (Wildman–Crippen MR) is 175 cm³/mol. The summed E-state index contributed by atoms with van der Waals surface area (Å²) in [4.78, 5) is 5.08. The van der Waals surface area contributed by atoms with E-state index in [-0.39, 0.29) is 23.2 Å². The van der Waals surface area contributed by atoms with Crippen molar-refractivity contribution in [3.8, 4) is 0 Å². The molecule has 0 saturated heterocycles. The standard InChI is InChI=1S/C29H41N2.C4H12BN.Fe.H2N/c1-18(2)24-13-11-14-25(19(3)4)28(24)30-22(9)17-23(10)31-29-26(20(5)6)15-12-16-27(29)21(7)8;1-3-5(6)4-2;;/h11-21H,1-10H3;3-4,6H2,1-2H3;;1H2/q-1;;+2;-1/b22-17-,31-23?;;;. The molecule has 0 aliphatic heterocycles. The molecule has 0 aromatic heterocycles. The van der Waals surface area contributed by atoms with Gasteiger partial charge in [-0.3, -0.25) is 4.99 Å². The Labute approximate surface area is 252 Å². The molecule has 6 heteroatoms. The van der Waals surface area contributed by atoms with Crippen LogP contribution in [0.3, 0.4) is 0 Å². The zero-order chi connectivity index (χ0) is 28.3. The quantitative estimate of drug-likeness (QED) is 0.222. The van der Waals surface area contributed by atoms with Crippen LogP contribution in [0, 0.1) is 0 Å². The molecule has 218 valence electrons. The van der Waals surface area contributed by atoms with Crippen LogP contribution in [-0.4, -0.2) is 12.6 Å². The Morgan fingerprint density at radius 1 is 0.769 bits per heavy atom. The van der Waals surface area contributed by atoms with Gasteiger partial charge in [0.2, 0.25) is 6.85 Å². The summed E-state index contributed by atoms with van der Waals surface area (Å²) in [5.74, 6) is 1.75. The van der Waals surface area contributed by atoms with Gasteiger partial charge in [0.05, 0.1) is 5.69 Å². The maximum absolute atomic E-state index is 5.47. The second-order valence-corrected chi connectivity index (χ2v) is 11.4. The van der Waals surface area contributed by atoms with Crippen LogP contribution >= 0.6 is 0 Å². The third-order valence-electron chi connectivity index (χ3n) is 6.73. The summed E-state index contributed by atoms with van der Waals surface area (Å²) in [5, 5.41) is 5.08. The number of allylic oxidation sites excluding steroid dienone is 2. The molecule has 0 amide bonds. The Morgan fingerprint density at radius 2 is 1.13 bits per heavy atom. The molecule has 2 aromatic rings. The van der Waals surface area contributed by atoms with Crippen molar-refractivity contribution in [3.05, 3.63) is 81.9 Å². The molecule has 0 saturated carbocycles. The monoisotopic (exact) mass is 574 g/mol. The molecule has 39 heavy (non-hydrogen) atoms. The van der Waals surface area contributed by atoms with E-state index >= 15 is 0 Å². The van der Waals surface area contributed by atoms with Crippen LogP contribution in [0.25, 0.3) is 11.5 Å². The smallest absolute Gasteiger partial charge is 0.693 e. The molecule has 0 spiro atoms. The molecule has 4 N–H and O–H groups in total. The van der Waals surface area contributed by atoms with Gasteiger partial charge in [0.25, 0.3) is 0 Å². The van der Waals surface area contributed by atoms with Gasteiger partial charge in [0.15, 0.2) is 0 Å². The minimum Gasteiger partial charge on any atom is -0.693 e. The molecular formula is C33H55BFeN4. The van der Waals surface area contributed by atoms with Gasteiger partial charge < -0.3 is 17.1 Å². The Kier molecular flexibility index (Phi) is 19.4. The van der Waals surface area contributed by atoms with Crippen molar-refractivity contribution >= 4 is 23.9 Å². The third-order valence-corrected chi connectivity index (χ3v) is 6.73. The fourth-order valence-electron chi connectivity index (χ4n) is 4.29. The van der Waals surface area contributed by atoms with E-state index in [1.807, 2.05) is 0 Å². The second kappa shape index (κ2) is 19.3. The van der Waals surface area contributed by atoms with E-state index in [4.69, 9.17) is 16.0 Å². The van der Waals surface area contributed by atoms with Crippen molar-refractivity contribution in [2.75, 3.05) is 0 Å². The first-order chi connectivity index (χ1) is 17.3. The molecule has 0 atom stereocenters. The SMILES string of the molecule is CC(/C=C(/C)[N-]c1c(C(C)C)cccc1C(C)C)=Nc1c(C(C)C)cccc1C(C)C.CCB(N)CC.[Fe+2].[NH2-]. The number of rotatable bonds is 10. The number of para-hydroxylation sites is 2. The average molecular weight is 574 g/mol. The van der Waals surface area contributed by atoms with Crippen molar-refractivity contribution in [2.45, 2.75) is 119 Å². The van der Waals surface area contributed by atoms with Crippen LogP contribution in [-0.2, 0) is 17.1 Å². The third kappa shape index (κ3) is 12.5. The van der Waals surface area contributed by atoms with Gasteiger partial charge in [0.1, 0.15) is 0 Å². The molecule has 2 aromatic carbocycles. The summed E-state index contributed by atoms with van der Waals surface area (Å²) in [5.41, 5.74) is 14.9. The van der Waals surface area contributed by atoms with Crippen LogP contribution in [0.2, 0.25) is 12.6 Å². The molecule has 0 unspecified atom stereocenters. The summed E-state index contributed by atoms with van der Waals surface area (Å²) < 4.78 is 0. The summed E-state index contributed by atoms with van der Waals surface area (Å²) in [7, 11) is 0. The van der Waals surface area contributed by atoms with Crippen LogP contribution in [0.1, 0.15) is 129 Å². The number of aliphatic imine (C=N–C) groups is 1. The van der Waals surface area contributed by atoms with Crippen LogP contribution in [0.4, 0.5) is 11.4 Å². The molecule has 0 aliphatic carbocycles. The summed E-state index contributed by atoms with van der Waals surface area (Å²) in [6.07, 6.45) is 4.33. The fourth-order valence-corrected chi connectivity index (χ4v) is 4.29. The molecule has 0 aliphatic rings. The zero-order valence-electron chi connectivity index (χ0n) is 26.7. The van der Waals surface area contributed by atoms with Gasteiger partial charge >= 0.3 is 17.1 Å². The van der Waals surface area contributed by atoms with Crippen molar-refractivity contribution in [1.82, 2.24) is 0 Å². The molecule has 0 bridgehead atoms. The predicted octanol–water partition coefficient (Wildman–Crippen LogP) is 11.6. The van der Waals surface area contributed by atoms with Gasteiger partial charge in [-0.2, -0.15) is 5.70 Å². The topological polar surface area (TPSA) is 86.0 Å². The van der Waals surface area contributed by atoms with E-state index in [0.717, 1.165) is 35.4 Å². The molecule has 0 fully saturated rings. The maximum atomic E-state index is 5.47. The molecule has 0 heterocycles. The van der Waals surface area contributed by atoms with Crippen LogP contribution < -0.4 is 5.64 Å². The van der Waals surface area contributed by atoms with E-state index in [1.165, 1.54) is 22.3 Å².